The first-order valence-corrected chi connectivity index (χ1v) is 12.1. The van der Waals surface area contributed by atoms with Gasteiger partial charge in [0.1, 0.15) is 5.82 Å². The third kappa shape index (κ3) is 5.30. The smallest absolute Gasteiger partial charge is 0.265 e. The quantitative estimate of drug-likeness (QED) is 0.475. The molecular formula is C21H21BrClN3O3S. The number of nitrogens with zero attached hydrogens (tertiary/aromatic N) is 2. The minimum absolute atomic E-state index is 0.234. The maximum Gasteiger partial charge on any atom is 0.265 e. The average Bonchev–Trinajstić information content (AvgIpc) is 2.98. The number of aryl methyl sites for hydroxylation is 1. The molecule has 6 nitrogen and oxygen atoms in total. The van der Waals surface area contributed by atoms with E-state index >= 15 is 0 Å². The lowest BCUT2D eigenvalue weighted by Crippen LogP contribution is -2.28. The molecular weight excluding hydrogens is 490 g/mol. The molecule has 0 bridgehead atoms. The molecule has 2 aromatic carbocycles. The number of imidazole rings is 1. The number of amides is 1. The van der Waals surface area contributed by atoms with Gasteiger partial charge in [0.25, 0.3) is 15.9 Å². The second-order valence-corrected chi connectivity index (χ2v) is 9.71. The molecule has 3 aromatic rings. The molecule has 3 rings (SSSR count). The standard InChI is InChI=1S/C21H21BrClN3O3S/c1-3-4-5-10-30(28,29)25-21(27)15-7-9-19-20(11-15)26(14(2)24-19)13-16-6-8-17(22)12-18(16)23/h5-12H,3-4,13H2,1-2H3,(H,25,27)/b10-5+. The largest absolute Gasteiger partial charge is 0.324 e. The SMILES string of the molecule is CCC/C=C/S(=O)(=O)NC(=O)c1ccc2nc(C)n(Cc3ccc(Br)cc3Cl)c2c1. The zero-order valence-corrected chi connectivity index (χ0v) is 19.7. The van der Waals surface area contributed by atoms with Gasteiger partial charge in [-0.25, -0.2) is 18.1 Å². The Labute approximate surface area is 189 Å². The van der Waals surface area contributed by atoms with Crippen LogP contribution in [0.4, 0.5) is 0 Å². The summed E-state index contributed by atoms with van der Waals surface area (Å²) in [5, 5.41) is 1.64. The molecule has 30 heavy (non-hydrogen) atoms. The summed E-state index contributed by atoms with van der Waals surface area (Å²) in [5.74, 6) is 0.0711. The van der Waals surface area contributed by atoms with E-state index in [1.54, 1.807) is 18.2 Å². The van der Waals surface area contributed by atoms with Crippen LogP contribution < -0.4 is 4.72 Å². The van der Waals surface area contributed by atoms with Crippen LogP contribution in [-0.4, -0.2) is 23.9 Å². The van der Waals surface area contributed by atoms with Crippen LogP contribution in [0.1, 0.15) is 41.5 Å². The second-order valence-electron chi connectivity index (χ2n) is 6.82. The molecule has 0 saturated heterocycles. The Bertz CT molecular complexity index is 1240. The first-order valence-electron chi connectivity index (χ1n) is 9.34. The second kappa shape index (κ2) is 9.32. The van der Waals surface area contributed by atoms with Crippen molar-refractivity contribution in [3.05, 3.63) is 74.3 Å². The average molecular weight is 511 g/mol. The normalized spacial score (nSPS) is 12.0. The Morgan fingerprint density at radius 3 is 2.73 bits per heavy atom. The fraction of sp³-hybridized carbons (Fsp3) is 0.238. The maximum atomic E-state index is 12.5. The van der Waals surface area contributed by atoms with Crippen LogP contribution in [0.25, 0.3) is 11.0 Å². The molecule has 0 radical (unpaired) electrons. The van der Waals surface area contributed by atoms with Gasteiger partial charge in [0.05, 0.1) is 17.6 Å². The van der Waals surface area contributed by atoms with Crippen LogP contribution in [-0.2, 0) is 16.6 Å². The zero-order valence-electron chi connectivity index (χ0n) is 16.5. The number of fused-ring (bicyclic) bond motifs is 1. The molecule has 0 aliphatic heterocycles. The number of hydrogen-bond acceptors (Lipinski definition) is 4. The van der Waals surface area contributed by atoms with Gasteiger partial charge in [-0.05, 0) is 49.2 Å². The zero-order chi connectivity index (χ0) is 21.9. The van der Waals surface area contributed by atoms with Gasteiger partial charge in [0.15, 0.2) is 0 Å². The summed E-state index contributed by atoms with van der Waals surface area (Å²) in [4.78, 5) is 17.1. The number of hydrogen-bond donors (Lipinski definition) is 1. The van der Waals surface area contributed by atoms with Crippen LogP contribution in [0, 0.1) is 6.92 Å². The van der Waals surface area contributed by atoms with Gasteiger partial charge in [-0.3, -0.25) is 4.79 Å². The van der Waals surface area contributed by atoms with Gasteiger partial charge >= 0.3 is 0 Å². The fourth-order valence-corrected chi connectivity index (χ4v) is 4.55. The molecule has 1 N–H and O–H groups in total. The van der Waals surface area contributed by atoms with E-state index in [-0.39, 0.29) is 5.56 Å². The van der Waals surface area contributed by atoms with E-state index in [4.69, 9.17) is 11.6 Å². The fourth-order valence-electron chi connectivity index (χ4n) is 2.99. The summed E-state index contributed by atoms with van der Waals surface area (Å²) in [6.45, 7) is 4.28. The Hall–Kier alpha value is -2.16. The minimum Gasteiger partial charge on any atom is -0.324 e. The number of nitrogens with one attached hydrogen (secondary N) is 1. The predicted octanol–water partition coefficient (Wildman–Crippen LogP) is 5.18. The van der Waals surface area contributed by atoms with Crippen molar-refractivity contribution in [3.63, 3.8) is 0 Å². The number of carbonyl (C=O) groups excluding carboxylic acids is 1. The highest BCUT2D eigenvalue weighted by molar-refractivity contribution is 9.10. The summed E-state index contributed by atoms with van der Waals surface area (Å²) < 4.78 is 29.1. The molecule has 1 heterocycles. The number of allylic oxidation sites excluding steroid dienone is 1. The Kier molecular flexibility index (Phi) is 7.00. The van der Waals surface area contributed by atoms with Crippen LogP contribution >= 0.6 is 27.5 Å². The predicted molar refractivity (Wildman–Crippen MR) is 123 cm³/mol. The number of carbonyl (C=O) groups is 1. The first kappa shape index (κ1) is 22.5. The van der Waals surface area contributed by atoms with E-state index in [1.807, 2.05) is 36.6 Å². The van der Waals surface area contributed by atoms with Crippen LogP contribution in [0.2, 0.25) is 5.02 Å². The van der Waals surface area contributed by atoms with Crippen molar-refractivity contribution >= 4 is 54.5 Å². The summed E-state index contributed by atoms with van der Waals surface area (Å²) in [5.41, 5.74) is 2.57. The lowest BCUT2D eigenvalue weighted by molar-refractivity contribution is 0.0982. The van der Waals surface area contributed by atoms with Crippen molar-refractivity contribution < 1.29 is 13.2 Å². The van der Waals surface area contributed by atoms with Crippen molar-refractivity contribution in [3.8, 4) is 0 Å². The van der Waals surface area contributed by atoms with E-state index in [2.05, 4.69) is 25.6 Å². The van der Waals surface area contributed by atoms with E-state index in [1.165, 1.54) is 6.08 Å². The minimum atomic E-state index is -3.84. The van der Waals surface area contributed by atoms with Crippen molar-refractivity contribution in [2.75, 3.05) is 0 Å². The number of halogens is 2. The lowest BCUT2D eigenvalue weighted by atomic mass is 10.2. The topological polar surface area (TPSA) is 81.1 Å². The monoisotopic (exact) mass is 509 g/mol. The highest BCUT2D eigenvalue weighted by Crippen LogP contribution is 2.25. The molecule has 158 valence electrons. The molecule has 0 atom stereocenters. The van der Waals surface area contributed by atoms with Gasteiger partial charge in [0.2, 0.25) is 0 Å². The molecule has 0 aliphatic rings. The molecule has 1 aromatic heterocycles. The van der Waals surface area contributed by atoms with Crippen LogP contribution in [0.5, 0.6) is 0 Å². The molecule has 0 unspecified atom stereocenters. The van der Waals surface area contributed by atoms with E-state index in [9.17, 15) is 13.2 Å². The maximum absolute atomic E-state index is 12.5. The summed E-state index contributed by atoms with van der Waals surface area (Å²) in [7, 11) is -3.84. The van der Waals surface area contributed by atoms with E-state index in [0.717, 1.165) is 33.2 Å². The van der Waals surface area contributed by atoms with E-state index < -0.39 is 15.9 Å². The first-order chi connectivity index (χ1) is 14.2. The van der Waals surface area contributed by atoms with Gasteiger partial charge in [-0.1, -0.05) is 53.0 Å². The van der Waals surface area contributed by atoms with Crippen molar-refractivity contribution in [2.45, 2.75) is 33.2 Å². The molecule has 0 spiro atoms. The van der Waals surface area contributed by atoms with Crippen LogP contribution in [0.15, 0.2) is 52.4 Å². The summed E-state index contributed by atoms with van der Waals surface area (Å²) in [6.07, 6.45) is 2.97. The molecule has 0 saturated carbocycles. The van der Waals surface area contributed by atoms with Gasteiger partial charge in [-0.2, -0.15) is 0 Å². The van der Waals surface area contributed by atoms with Crippen LogP contribution in [0.3, 0.4) is 0 Å². The molecule has 9 heteroatoms. The van der Waals surface area contributed by atoms with Gasteiger partial charge in [0, 0.05) is 20.5 Å². The number of sulfonamides is 1. The molecule has 0 aliphatic carbocycles. The van der Waals surface area contributed by atoms with Gasteiger partial charge in [-0.15, -0.1) is 0 Å². The summed E-state index contributed by atoms with van der Waals surface area (Å²) >= 11 is 9.75. The third-order valence-corrected chi connectivity index (χ3v) is 6.38. The van der Waals surface area contributed by atoms with Crippen molar-refractivity contribution in [2.24, 2.45) is 0 Å². The number of aromatic nitrogens is 2. The van der Waals surface area contributed by atoms with Crippen molar-refractivity contribution in [1.29, 1.82) is 0 Å². The number of unbranched alkanes of at least 4 members (excludes halogenated alkanes) is 1. The third-order valence-electron chi connectivity index (χ3n) is 4.51. The summed E-state index contributed by atoms with van der Waals surface area (Å²) in [6, 6.07) is 10.6. The Morgan fingerprint density at radius 2 is 2.03 bits per heavy atom. The molecule has 1 amide bonds. The molecule has 0 fully saturated rings. The van der Waals surface area contributed by atoms with Crippen molar-refractivity contribution in [1.82, 2.24) is 14.3 Å². The lowest BCUT2D eigenvalue weighted by Gasteiger charge is -2.10. The Balaban J connectivity index is 1.92. The van der Waals surface area contributed by atoms with E-state index in [0.29, 0.717) is 23.5 Å². The highest BCUT2D eigenvalue weighted by atomic mass is 79.9. The Morgan fingerprint density at radius 1 is 1.27 bits per heavy atom. The van der Waals surface area contributed by atoms with Gasteiger partial charge < -0.3 is 4.57 Å². The number of benzene rings is 2. The number of rotatable bonds is 7. The highest BCUT2D eigenvalue weighted by Gasteiger charge is 2.16.